The van der Waals surface area contributed by atoms with Crippen LogP contribution in [-0.2, 0) is 4.79 Å². The lowest BCUT2D eigenvalue weighted by atomic mass is 9.88. The van der Waals surface area contributed by atoms with Crippen molar-refractivity contribution in [3.8, 4) is 0 Å². The van der Waals surface area contributed by atoms with Gasteiger partial charge in [0.05, 0.1) is 0 Å². The lowest BCUT2D eigenvalue weighted by Crippen LogP contribution is -2.29. The van der Waals surface area contributed by atoms with Gasteiger partial charge in [-0.3, -0.25) is 9.59 Å². The first-order chi connectivity index (χ1) is 10.2. The minimum atomic E-state index is -0.172. The molecule has 0 radical (unpaired) electrons. The van der Waals surface area contributed by atoms with Crippen LogP contribution in [0.25, 0.3) is 0 Å². The van der Waals surface area contributed by atoms with E-state index in [4.69, 9.17) is 5.73 Å². The van der Waals surface area contributed by atoms with Crippen LogP contribution in [0.4, 0.5) is 5.69 Å². The molecule has 0 unspecified atom stereocenters. The minimum absolute atomic E-state index is 0. The molecule has 0 bridgehead atoms. The highest BCUT2D eigenvalue weighted by molar-refractivity contribution is 5.97. The molecule has 5 nitrogen and oxygen atoms in total. The van der Waals surface area contributed by atoms with Gasteiger partial charge in [0, 0.05) is 30.3 Å². The van der Waals surface area contributed by atoms with E-state index in [2.05, 4.69) is 10.6 Å². The minimum Gasteiger partial charge on any atom is -0.351 e. The van der Waals surface area contributed by atoms with Crippen LogP contribution in [0.5, 0.6) is 0 Å². The van der Waals surface area contributed by atoms with Gasteiger partial charge in [-0.05, 0) is 31.0 Å². The number of nitrogens with one attached hydrogen (secondary N) is 2. The van der Waals surface area contributed by atoms with Gasteiger partial charge in [0.15, 0.2) is 0 Å². The predicted molar refractivity (Wildman–Crippen MR) is 90.3 cm³/mol. The summed E-state index contributed by atoms with van der Waals surface area (Å²) in [7, 11) is 0. The van der Waals surface area contributed by atoms with E-state index in [9.17, 15) is 9.59 Å². The molecule has 1 aromatic rings. The Labute approximate surface area is 137 Å². The van der Waals surface area contributed by atoms with Gasteiger partial charge in [-0.15, -0.1) is 12.4 Å². The number of carbonyl (C=O) groups is 2. The van der Waals surface area contributed by atoms with Gasteiger partial charge in [-0.1, -0.05) is 25.3 Å². The molecule has 1 aliphatic carbocycles. The largest absolute Gasteiger partial charge is 0.351 e. The van der Waals surface area contributed by atoms with Crippen molar-refractivity contribution >= 4 is 29.9 Å². The summed E-state index contributed by atoms with van der Waals surface area (Å²) in [5.74, 6) is -0.00287. The van der Waals surface area contributed by atoms with Crippen LogP contribution in [0.1, 0.15) is 42.5 Å². The van der Waals surface area contributed by atoms with Crippen molar-refractivity contribution in [1.29, 1.82) is 0 Å². The number of amides is 2. The van der Waals surface area contributed by atoms with Gasteiger partial charge >= 0.3 is 0 Å². The number of halogens is 1. The SMILES string of the molecule is Cl.NCCNC(=O)c1cccc(NC(=O)C2CCCCC2)c1. The molecule has 0 heterocycles. The third-order valence-corrected chi connectivity index (χ3v) is 3.80. The summed E-state index contributed by atoms with van der Waals surface area (Å²) in [4.78, 5) is 24.1. The van der Waals surface area contributed by atoms with Crippen LogP contribution in [-0.4, -0.2) is 24.9 Å². The molecule has 1 saturated carbocycles. The summed E-state index contributed by atoms with van der Waals surface area (Å²) in [6.07, 6.45) is 5.39. The van der Waals surface area contributed by atoms with Crippen LogP contribution in [0.2, 0.25) is 0 Å². The first-order valence-electron chi connectivity index (χ1n) is 7.60. The summed E-state index contributed by atoms with van der Waals surface area (Å²) < 4.78 is 0. The molecule has 1 fully saturated rings. The van der Waals surface area contributed by atoms with E-state index in [-0.39, 0.29) is 30.1 Å². The van der Waals surface area contributed by atoms with E-state index >= 15 is 0 Å². The van der Waals surface area contributed by atoms with Gasteiger partial charge in [-0.25, -0.2) is 0 Å². The monoisotopic (exact) mass is 325 g/mol. The molecular formula is C16H24ClN3O2. The van der Waals surface area contributed by atoms with Crippen molar-refractivity contribution in [3.63, 3.8) is 0 Å². The third-order valence-electron chi connectivity index (χ3n) is 3.80. The van der Waals surface area contributed by atoms with Crippen molar-refractivity contribution in [2.24, 2.45) is 11.7 Å². The van der Waals surface area contributed by atoms with Gasteiger partial charge < -0.3 is 16.4 Å². The summed E-state index contributed by atoms with van der Waals surface area (Å²) in [5, 5.41) is 5.64. The van der Waals surface area contributed by atoms with E-state index in [1.807, 2.05) is 0 Å². The van der Waals surface area contributed by atoms with Crippen LogP contribution in [0.15, 0.2) is 24.3 Å². The van der Waals surface area contributed by atoms with Gasteiger partial charge in [0.1, 0.15) is 0 Å². The van der Waals surface area contributed by atoms with Crippen LogP contribution < -0.4 is 16.4 Å². The molecule has 4 N–H and O–H groups in total. The molecule has 1 aliphatic rings. The lowest BCUT2D eigenvalue weighted by Gasteiger charge is -2.20. The van der Waals surface area contributed by atoms with Crippen LogP contribution in [0.3, 0.4) is 0 Å². The zero-order valence-electron chi connectivity index (χ0n) is 12.6. The standard InChI is InChI=1S/C16H23N3O2.ClH/c17-9-10-18-15(20)13-7-4-8-14(11-13)19-16(21)12-5-2-1-3-6-12;/h4,7-8,11-12H,1-3,5-6,9-10,17H2,(H,18,20)(H,19,21);1H. The highest BCUT2D eigenvalue weighted by Gasteiger charge is 2.21. The molecule has 0 aliphatic heterocycles. The second-order valence-electron chi connectivity index (χ2n) is 5.45. The molecule has 0 saturated heterocycles. The fourth-order valence-corrected chi connectivity index (χ4v) is 2.64. The Bertz CT molecular complexity index is 502. The smallest absolute Gasteiger partial charge is 0.251 e. The normalized spacial score (nSPS) is 14.8. The summed E-state index contributed by atoms with van der Waals surface area (Å²) in [6.45, 7) is 0.849. The number of anilines is 1. The first kappa shape index (κ1) is 18.5. The Kier molecular flexibility index (Phi) is 7.91. The van der Waals surface area contributed by atoms with E-state index < -0.39 is 0 Å². The fourth-order valence-electron chi connectivity index (χ4n) is 2.64. The lowest BCUT2D eigenvalue weighted by molar-refractivity contribution is -0.120. The van der Waals surface area contributed by atoms with E-state index in [1.165, 1.54) is 6.42 Å². The molecule has 1 aromatic carbocycles. The second-order valence-corrected chi connectivity index (χ2v) is 5.45. The summed E-state index contributed by atoms with van der Waals surface area (Å²) in [5.41, 5.74) is 6.57. The number of hydrogen-bond acceptors (Lipinski definition) is 3. The fraction of sp³-hybridized carbons (Fsp3) is 0.500. The highest BCUT2D eigenvalue weighted by Crippen LogP contribution is 2.25. The Balaban J connectivity index is 0.00000242. The second kappa shape index (κ2) is 9.43. The molecule has 2 amide bonds. The Morgan fingerprint density at radius 2 is 1.91 bits per heavy atom. The number of hydrogen-bond donors (Lipinski definition) is 3. The molecule has 22 heavy (non-hydrogen) atoms. The van der Waals surface area contributed by atoms with Crippen LogP contribution in [0, 0.1) is 5.92 Å². The maximum atomic E-state index is 12.2. The average molecular weight is 326 g/mol. The molecular weight excluding hydrogens is 302 g/mol. The number of carbonyl (C=O) groups excluding carboxylic acids is 2. The van der Waals surface area contributed by atoms with Crippen molar-refractivity contribution < 1.29 is 9.59 Å². The molecule has 122 valence electrons. The van der Waals surface area contributed by atoms with Crippen LogP contribution >= 0.6 is 12.4 Å². The van der Waals surface area contributed by atoms with Crippen molar-refractivity contribution in [2.75, 3.05) is 18.4 Å². The van der Waals surface area contributed by atoms with E-state index in [0.717, 1.165) is 25.7 Å². The zero-order chi connectivity index (χ0) is 15.1. The Morgan fingerprint density at radius 3 is 2.59 bits per heavy atom. The van der Waals surface area contributed by atoms with Gasteiger partial charge in [0.25, 0.3) is 5.91 Å². The zero-order valence-corrected chi connectivity index (χ0v) is 13.5. The number of nitrogens with two attached hydrogens (primary N) is 1. The third kappa shape index (κ3) is 5.31. The topological polar surface area (TPSA) is 84.2 Å². The maximum Gasteiger partial charge on any atom is 0.251 e. The highest BCUT2D eigenvalue weighted by atomic mass is 35.5. The van der Waals surface area contributed by atoms with Gasteiger partial charge in [-0.2, -0.15) is 0 Å². The van der Waals surface area contributed by atoms with Crippen molar-refractivity contribution in [2.45, 2.75) is 32.1 Å². The summed E-state index contributed by atoms with van der Waals surface area (Å²) >= 11 is 0. The van der Waals surface area contributed by atoms with E-state index in [1.54, 1.807) is 24.3 Å². The van der Waals surface area contributed by atoms with Gasteiger partial charge in [0.2, 0.25) is 5.91 Å². The number of benzene rings is 1. The Hall–Kier alpha value is -1.59. The molecule has 0 atom stereocenters. The van der Waals surface area contributed by atoms with Crippen molar-refractivity contribution in [1.82, 2.24) is 5.32 Å². The summed E-state index contributed by atoms with van der Waals surface area (Å²) in [6, 6.07) is 7.00. The van der Waals surface area contributed by atoms with Crippen molar-refractivity contribution in [3.05, 3.63) is 29.8 Å². The van der Waals surface area contributed by atoms with E-state index in [0.29, 0.717) is 24.3 Å². The molecule has 0 aromatic heterocycles. The average Bonchev–Trinajstić information content (AvgIpc) is 2.53. The quantitative estimate of drug-likeness (QED) is 0.776. The Morgan fingerprint density at radius 1 is 1.18 bits per heavy atom. The molecule has 0 spiro atoms. The first-order valence-corrected chi connectivity index (χ1v) is 7.60. The molecule has 6 heteroatoms. The predicted octanol–water partition coefficient (Wildman–Crippen LogP) is 2.32. The maximum absolute atomic E-state index is 12.2. The number of rotatable bonds is 5. The molecule has 2 rings (SSSR count).